The fourth-order valence-corrected chi connectivity index (χ4v) is 1.09. The van der Waals surface area contributed by atoms with Crippen molar-refractivity contribution in [1.82, 2.24) is 0 Å². The van der Waals surface area contributed by atoms with Gasteiger partial charge in [0.25, 0.3) is 0 Å². The largest absolute Gasteiger partial charge is 0.419 e. The first-order chi connectivity index (χ1) is 5.98. The van der Waals surface area contributed by atoms with E-state index in [1.807, 2.05) is 6.92 Å². The number of hydrogen-bond acceptors (Lipinski definition) is 0. The van der Waals surface area contributed by atoms with Crippen LogP contribution in [0.1, 0.15) is 45.4 Å². The molecule has 0 aliphatic carbocycles. The highest BCUT2D eigenvalue weighted by molar-refractivity contribution is 4.65. The molecule has 4 heteroatoms. The summed E-state index contributed by atoms with van der Waals surface area (Å²) in [5.74, 6) is 0. The molecule has 0 aromatic heterocycles. The Hall–Kier alpha value is -0.280. The van der Waals surface area contributed by atoms with Crippen molar-refractivity contribution in [2.75, 3.05) is 0 Å². The molecule has 0 bridgehead atoms. The molecule has 0 saturated heterocycles. The molecular formula is C9H16F4. The Morgan fingerprint density at radius 1 is 1.00 bits per heavy atom. The maximum absolute atomic E-state index is 12.3. The summed E-state index contributed by atoms with van der Waals surface area (Å²) in [6, 6.07) is 0. The van der Waals surface area contributed by atoms with E-state index < -0.39 is 12.3 Å². The van der Waals surface area contributed by atoms with Crippen LogP contribution < -0.4 is 0 Å². The predicted octanol–water partition coefficient (Wildman–Crippen LogP) is 4.25. The molecule has 0 aromatic rings. The van der Waals surface area contributed by atoms with E-state index in [4.69, 9.17) is 0 Å². The van der Waals surface area contributed by atoms with Crippen LogP contribution >= 0.6 is 0 Å². The van der Waals surface area contributed by atoms with E-state index in [0.717, 1.165) is 19.3 Å². The average molecular weight is 200 g/mol. The number of hydrogen-bond donors (Lipinski definition) is 0. The highest BCUT2D eigenvalue weighted by Crippen LogP contribution is 2.26. The van der Waals surface area contributed by atoms with Gasteiger partial charge in [0.1, 0.15) is 0 Å². The van der Waals surface area contributed by atoms with Crippen molar-refractivity contribution in [2.45, 2.75) is 57.8 Å². The molecule has 0 aliphatic rings. The molecule has 80 valence electrons. The van der Waals surface area contributed by atoms with Gasteiger partial charge < -0.3 is 0 Å². The summed E-state index contributed by atoms with van der Waals surface area (Å²) < 4.78 is 47.2. The number of halogens is 4. The minimum atomic E-state index is -4.66. The van der Waals surface area contributed by atoms with Gasteiger partial charge in [-0.25, -0.2) is 4.39 Å². The van der Waals surface area contributed by atoms with Gasteiger partial charge in [-0.15, -0.1) is 0 Å². The Kier molecular flexibility index (Phi) is 6.08. The van der Waals surface area contributed by atoms with Gasteiger partial charge in [0.05, 0.1) is 0 Å². The van der Waals surface area contributed by atoms with E-state index >= 15 is 0 Å². The van der Waals surface area contributed by atoms with Crippen molar-refractivity contribution >= 4 is 0 Å². The van der Waals surface area contributed by atoms with Crippen LogP contribution in [0.3, 0.4) is 0 Å². The second-order valence-electron chi connectivity index (χ2n) is 3.21. The molecule has 1 atom stereocenters. The number of rotatable bonds is 6. The highest BCUT2D eigenvalue weighted by atomic mass is 19.4. The van der Waals surface area contributed by atoms with Crippen molar-refractivity contribution in [3.8, 4) is 0 Å². The van der Waals surface area contributed by atoms with Gasteiger partial charge >= 0.3 is 6.18 Å². The quantitative estimate of drug-likeness (QED) is 0.444. The van der Waals surface area contributed by atoms with Crippen LogP contribution in [0, 0.1) is 0 Å². The van der Waals surface area contributed by atoms with Gasteiger partial charge in [0.2, 0.25) is 0 Å². The van der Waals surface area contributed by atoms with Crippen molar-refractivity contribution in [2.24, 2.45) is 0 Å². The first-order valence-electron chi connectivity index (χ1n) is 4.69. The first-order valence-corrected chi connectivity index (χ1v) is 4.69. The van der Waals surface area contributed by atoms with E-state index in [0.29, 0.717) is 12.8 Å². The maximum atomic E-state index is 12.3. The Morgan fingerprint density at radius 2 is 1.54 bits per heavy atom. The third-order valence-electron chi connectivity index (χ3n) is 1.92. The molecular weight excluding hydrogens is 184 g/mol. The zero-order chi connectivity index (χ0) is 10.3. The lowest BCUT2D eigenvalue weighted by molar-refractivity contribution is -0.182. The molecule has 1 unspecified atom stereocenters. The SMILES string of the molecule is CCCCCCCC(F)C(F)(F)F. The molecule has 13 heavy (non-hydrogen) atoms. The van der Waals surface area contributed by atoms with Crippen molar-refractivity contribution in [3.05, 3.63) is 0 Å². The van der Waals surface area contributed by atoms with E-state index in [1.54, 1.807) is 0 Å². The Labute approximate surface area is 76.3 Å². The summed E-state index contributed by atoms with van der Waals surface area (Å²) in [6.07, 6.45) is -3.68. The van der Waals surface area contributed by atoms with E-state index in [1.165, 1.54) is 0 Å². The average Bonchev–Trinajstić information content (AvgIpc) is 2.02. The van der Waals surface area contributed by atoms with Crippen LogP contribution in [-0.4, -0.2) is 12.3 Å². The summed E-state index contributed by atoms with van der Waals surface area (Å²) in [5.41, 5.74) is 0. The van der Waals surface area contributed by atoms with E-state index in [9.17, 15) is 17.6 Å². The van der Waals surface area contributed by atoms with Crippen LogP contribution in [0.15, 0.2) is 0 Å². The van der Waals surface area contributed by atoms with Gasteiger partial charge in [0.15, 0.2) is 6.17 Å². The van der Waals surface area contributed by atoms with Crippen LogP contribution in [0.4, 0.5) is 17.6 Å². The molecule has 0 rings (SSSR count). The summed E-state index contributed by atoms with van der Waals surface area (Å²) >= 11 is 0. The Morgan fingerprint density at radius 3 is 2.00 bits per heavy atom. The monoisotopic (exact) mass is 200 g/mol. The van der Waals surface area contributed by atoms with Crippen LogP contribution in [0.5, 0.6) is 0 Å². The zero-order valence-electron chi connectivity index (χ0n) is 7.83. The summed E-state index contributed by atoms with van der Waals surface area (Å²) in [5, 5.41) is 0. The van der Waals surface area contributed by atoms with Gasteiger partial charge in [0, 0.05) is 0 Å². The molecule has 0 nitrogen and oxygen atoms in total. The summed E-state index contributed by atoms with van der Waals surface area (Å²) in [7, 11) is 0. The van der Waals surface area contributed by atoms with Crippen molar-refractivity contribution in [1.29, 1.82) is 0 Å². The lowest BCUT2D eigenvalue weighted by atomic mass is 10.1. The molecule has 0 saturated carbocycles. The second-order valence-corrected chi connectivity index (χ2v) is 3.21. The predicted molar refractivity (Wildman–Crippen MR) is 44.3 cm³/mol. The maximum Gasteiger partial charge on any atom is 0.419 e. The number of alkyl halides is 4. The van der Waals surface area contributed by atoms with E-state index in [-0.39, 0.29) is 6.42 Å². The fourth-order valence-electron chi connectivity index (χ4n) is 1.09. The lowest BCUT2D eigenvalue weighted by Crippen LogP contribution is -2.23. The van der Waals surface area contributed by atoms with Crippen molar-refractivity contribution < 1.29 is 17.6 Å². The molecule has 0 N–H and O–H groups in total. The third-order valence-corrected chi connectivity index (χ3v) is 1.92. The Bertz CT molecular complexity index is 119. The van der Waals surface area contributed by atoms with Crippen molar-refractivity contribution in [3.63, 3.8) is 0 Å². The molecule has 0 aromatic carbocycles. The van der Waals surface area contributed by atoms with Gasteiger partial charge in [-0.1, -0.05) is 39.0 Å². The van der Waals surface area contributed by atoms with Crippen LogP contribution in [0.2, 0.25) is 0 Å². The number of unbranched alkanes of at least 4 members (excludes halogenated alkanes) is 4. The first kappa shape index (κ1) is 12.7. The molecule has 0 heterocycles. The smallest absolute Gasteiger partial charge is 0.237 e. The highest BCUT2D eigenvalue weighted by Gasteiger charge is 2.39. The van der Waals surface area contributed by atoms with Crippen LogP contribution in [-0.2, 0) is 0 Å². The Balaban J connectivity index is 3.32. The van der Waals surface area contributed by atoms with E-state index in [2.05, 4.69) is 0 Å². The lowest BCUT2D eigenvalue weighted by Gasteiger charge is -2.11. The minimum absolute atomic E-state index is 0.334. The standard InChI is InChI=1S/C9H16F4/c1-2-3-4-5-6-7-8(10)9(11,12)13/h8H,2-7H2,1H3. The molecule has 0 amide bonds. The molecule has 0 aliphatic heterocycles. The second kappa shape index (κ2) is 6.22. The summed E-state index contributed by atoms with van der Waals surface area (Å²) in [4.78, 5) is 0. The minimum Gasteiger partial charge on any atom is -0.237 e. The van der Waals surface area contributed by atoms with Gasteiger partial charge in [-0.2, -0.15) is 13.2 Å². The fraction of sp³-hybridized carbons (Fsp3) is 1.00. The van der Waals surface area contributed by atoms with Gasteiger partial charge in [-0.05, 0) is 6.42 Å². The molecule has 0 spiro atoms. The van der Waals surface area contributed by atoms with Gasteiger partial charge in [-0.3, -0.25) is 0 Å². The third kappa shape index (κ3) is 6.84. The molecule has 0 radical (unpaired) electrons. The van der Waals surface area contributed by atoms with Crippen LogP contribution in [0.25, 0.3) is 0 Å². The topological polar surface area (TPSA) is 0 Å². The normalized spacial score (nSPS) is 14.5. The molecule has 0 fully saturated rings. The summed E-state index contributed by atoms with van der Waals surface area (Å²) in [6.45, 7) is 2.02. The zero-order valence-corrected chi connectivity index (χ0v) is 7.83.